The molecule has 0 saturated carbocycles. The molecule has 0 bridgehead atoms. The highest BCUT2D eigenvalue weighted by Gasteiger charge is 2.70. The van der Waals surface area contributed by atoms with Gasteiger partial charge < -0.3 is 9.90 Å². The van der Waals surface area contributed by atoms with Gasteiger partial charge in [0.1, 0.15) is 0 Å². The van der Waals surface area contributed by atoms with Gasteiger partial charge in [-0.25, -0.2) is 0 Å². The molecule has 0 spiro atoms. The highest BCUT2D eigenvalue weighted by molar-refractivity contribution is 8.47. The maximum atomic E-state index is 12.3. The van der Waals surface area contributed by atoms with E-state index in [1.165, 1.54) is 6.07 Å². The Morgan fingerprint density at radius 2 is 1.50 bits per heavy atom. The van der Waals surface area contributed by atoms with Crippen LogP contribution in [0.15, 0.2) is 30.3 Å². The number of hydrogen-bond acceptors (Lipinski definition) is 2. The van der Waals surface area contributed by atoms with Gasteiger partial charge in [-0.15, -0.1) is 0 Å². The third-order valence-corrected chi connectivity index (χ3v) is 2.55. The molecule has 0 saturated heterocycles. The lowest BCUT2D eigenvalue weighted by Crippen LogP contribution is -2.47. The summed E-state index contributed by atoms with van der Waals surface area (Å²) in [6, 6.07) is 4.42. The van der Waals surface area contributed by atoms with Crippen molar-refractivity contribution in [3.05, 3.63) is 30.3 Å². The van der Waals surface area contributed by atoms with Crippen LogP contribution in [0.5, 0.6) is 0 Å². The topological polar surface area (TPSA) is 43.4 Å². The van der Waals surface area contributed by atoms with E-state index in [1.54, 1.807) is 0 Å². The summed E-state index contributed by atoms with van der Waals surface area (Å²) in [6.07, 6.45) is -3.02. The van der Waals surface area contributed by atoms with E-state index in [-0.39, 0.29) is 0 Å². The Kier molecular flexibility index (Phi) is 2.19. The van der Waals surface area contributed by atoms with Crippen LogP contribution in [0.3, 0.4) is 0 Å². The number of benzene rings is 1. The minimum absolute atomic E-state index is 0.591. The van der Waals surface area contributed by atoms with Crippen molar-refractivity contribution in [2.45, 2.75) is 0 Å². The molecule has 1 aromatic rings. The smallest absolute Gasteiger partial charge is 0.369 e. The first-order chi connectivity index (χ1) is 6.91. The molecule has 92 valence electrons. The van der Waals surface area contributed by atoms with Gasteiger partial charge in [0.15, 0.2) is 6.09 Å². The number of amides is 1. The predicted octanol–water partition coefficient (Wildman–Crippen LogP) is 3.05. The Balaban J connectivity index is 3.41. The summed E-state index contributed by atoms with van der Waals surface area (Å²) >= 11 is 0. The van der Waals surface area contributed by atoms with Crippen LogP contribution >= 0.6 is 10.4 Å². The molecule has 9 heteroatoms. The molecule has 0 aliphatic carbocycles. The molecular formula is C7H5F5NO2S-. The van der Waals surface area contributed by atoms with Crippen LogP contribution in [0.1, 0.15) is 0 Å². The number of carbonyl (C=O) groups excluding carboxylic acids is 1. The molecule has 0 heterocycles. The maximum Gasteiger partial charge on any atom is 0.369 e. The lowest BCUT2D eigenvalue weighted by Gasteiger charge is -2.49. The summed E-state index contributed by atoms with van der Waals surface area (Å²) in [6.45, 7) is 0. The number of nitrogens with zero attached hydrogens (tertiary/aromatic N) is 1. The van der Waals surface area contributed by atoms with E-state index < -0.39 is 26.5 Å². The van der Waals surface area contributed by atoms with Gasteiger partial charge >= 0.3 is 10.4 Å². The number of halogens is 5. The number of carbonyl (C=O) groups is 1. The minimum Gasteiger partial charge on any atom is -0.529 e. The lowest BCUT2D eigenvalue weighted by atomic mass is 10.3. The summed E-state index contributed by atoms with van der Waals surface area (Å²) in [4.78, 5) is 10.2. The molecule has 1 rings (SSSR count). The van der Waals surface area contributed by atoms with Crippen LogP contribution in [-0.2, 0) is 0 Å². The molecule has 0 aliphatic rings. The van der Waals surface area contributed by atoms with E-state index in [1.807, 2.05) is 0 Å². The zero-order chi connectivity index (χ0) is 12.7. The molecule has 16 heavy (non-hydrogen) atoms. The summed E-state index contributed by atoms with van der Waals surface area (Å²) < 4.78 is 59.7. The average molecular weight is 262 g/mol. The first-order valence-electron chi connectivity index (χ1n) is 3.72. The van der Waals surface area contributed by atoms with Crippen LogP contribution in [0.4, 0.5) is 29.9 Å². The van der Waals surface area contributed by atoms with Gasteiger partial charge in [-0.3, -0.25) is 0 Å². The molecule has 0 N–H and O–H groups in total. The monoisotopic (exact) mass is 262 g/mol. The molecule has 0 aromatic heterocycles. The van der Waals surface area contributed by atoms with Gasteiger partial charge in [0.05, 0.1) is 5.69 Å². The third kappa shape index (κ3) is 2.75. The van der Waals surface area contributed by atoms with Crippen molar-refractivity contribution in [1.29, 1.82) is 0 Å². The Morgan fingerprint density at radius 3 is 1.81 bits per heavy atom. The van der Waals surface area contributed by atoms with Crippen molar-refractivity contribution < 1.29 is 29.3 Å². The molecule has 0 unspecified atom stereocenters. The number of anilines is 1. The Bertz CT molecular complexity index is 417. The number of carboxylic acid groups (broad SMARTS) is 1. The Morgan fingerprint density at radius 1 is 1.06 bits per heavy atom. The van der Waals surface area contributed by atoms with Crippen molar-refractivity contribution >= 4 is 22.2 Å². The molecule has 0 fully saturated rings. The minimum atomic E-state index is -10.3. The number of para-hydroxylation sites is 1. The fraction of sp³-hybridized carbons (Fsp3) is 0. The zero-order valence-electron chi connectivity index (χ0n) is 7.45. The third-order valence-electron chi connectivity index (χ3n) is 1.50. The molecule has 0 aliphatic heterocycles. The lowest BCUT2D eigenvalue weighted by molar-refractivity contribution is -0.245. The largest absolute Gasteiger partial charge is 0.529 e. The van der Waals surface area contributed by atoms with Crippen molar-refractivity contribution in [2.75, 3.05) is 4.31 Å². The van der Waals surface area contributed by atoms with Crippen LogP contribution in [0, 0.1) is 0 Å². The van der Waals surface area contributed by atoms with Crippen LogP contribution in [0.2, 0.25) is 0 Å². The fourth-order valence-corrected chi connectivity index (χ4v) is 1.81. The van der Waals surface area contributed by atoms with E-state index in [9.17, 15) is 29.3 Å². The summed E-state index contributed by atoms with van der Waals surface area (Å²) in [7, 11) is -10.3. The molecule has 1 aromatic carbocycles. The number of rotatable bonds is 2. The van der Waals surface area contributed by atoms with Gasteiger partial charge in [0.2, 0.25) is 0 Å². The van der Waals surface area contributed by atoms with Crippen molar-refractivity contribution in [3.8, 4) is 0 Å². The predicted molar refractivity (Wildman–Crippen MR) is 47.4 cm³/mol. The van der Waals surface area contributed by atoms with Gasteiger partial charge in [0, 0.05) is 0 Å². The Hall–Kier alpha value is -1.51. The van der Waals surface area contributed by atoms with E-state index in [2.05, 4.69) is 0 Å². The van der Waals surface area contributed by atoms with Gasteiger partial charge in [-0.1, -0.05) is 37.6 Å². The first-order valence-corrected chi connectivity index (χ1v) is 5.63. The summed E-state index contributed by atoms with van der Waals surface area (Å²) in [5, 5.41) is 10.2. The van der Waals surface area contributed by atoms with Crippen molar-refractivity contribution in [2.24, 2.45) is 0 Å². The van der Waals surface area contributed by atoms with Gasteiger partial charge in [0.25, 0.3) is 0 Å². The molecule has 0 atom stereocenters. The van der Waals surface area contributed by atoms with E-state index in [4.69, 9.17) is 0 Å². The standard InChI is InChI=1S/C7H6F5NO2S/c8-16(9,10,11,12)13(7(14)15)6-4-2-1-3-5-6/h1-5H,(H,14,15)/p-1. The fourth-order valence-electron chi connectivity index (χ4n) is 1.01. The van der Waals surface area contributed by atoms with Crippen molar-refractivity contribution in [1.82, 2.24) is 0 Å². The Labute approximate surface area is 86.9 Å². The molecule has 3 nitrogen and oxygen atoms in total. The van der Waals surface area contributed by atoms with E-state index in [0.717, 1.165) is 12.1 Å². The average Bonchev–Trinajstić information content (AvgIpc) is 1.99. The highest BCUT2D eigenvalue weighted by Crippen LogP contribution is 2.99. The molecule has 0 radical (unpaired) electrons. The van der Waals surface area contributed by atoms with Gasteiger partial charge in [-0.2, -0.15) is 4.31 Å². The van der Waals surface area contributed by atoms with Crippen LogP contribution < -0.4 is 9.41 Å². The SMILES string of the molecule is O=C([O-])N(c1ccccc1)S(F)(F)(F)(F)F. The second-order valence-corrected chi connectivity index (χ2v) is 5.05. The molecular weight excluding hydrogens is 257 g/mol. The zero-order valence-corrected chi connectivity index (χ0v) is 8.27. The normalized spacial score (nSPS) is 16.1. The van der Waals surface area contributed by atoms with Crippen LogP contribution in [0.25, 0.3) is 0 Å². The number of hydrogen-bond donors (Lipinski definition) is 0. The summed E-state index contributed by atoms with van der Waals surface area (Å²) in [5.41, 5.74) is -1.21. The van der Waals surface area contributed by atoms with E-state index >= 15 is 0 Å². The van der Waals surface area contributed by atoms with Crippen molar-refractivity contribution in [3.63, 3.8) is 0 Å². The maximum absolute atomic E-state index is 12.3. The second kappa shape index (κ2) is 2.78. The first kappa shape index (κ1) is 12.6. The van der Waals surface area contributed by atoms with E-state index in [0.29, 0.717) is 12.1 Å². The molecule has 1 amide bonds. The summed E-state index contributed by atoms with van der Waals surface area (Å²) in [5.74, 6) is 0. The van der Waals surface area contributed by atoms with Crippen LogP contribution in [-0.4, -0.2) is 6.09 Å². The quantitative estimate of drug-likeness (QED) is 0.769. The second-order valence-electron chi connectivity index (χ2n) is 2.82. The van der Waals surface area contributed by atoms with Gasteiger partial charge in [-0.05, 0) is 12.1 Å². The highest BCUT2D eigenvalue weighted by atomic mass is 32.5.